The fourth-order valence-corrected chi connectivity index (χ4v) is 2.75. The lowest BCUT2D eigenvalue weighted by Crippen LogP contribution is -1.99. The average molecular weight is 249 g/mol. The maximum absolute atomic E-state index is 11.9. The second-order valence-electron chi connectivity index (χ2n) is 4.77. The maximum atomic E-state index is 11.9. The molecule has 2 aromatic heterocycles. The van der Waals surface area contributed by atoms with Crippen LogP contribution in [0.4, 0.5) is 0 Å². The van der Waals surface area contributed by atoms with Crippen molar-refractivity contribution in [3.8, 4) is 0 Å². The molecule has 0 unspecified atom stereocenters. The van der Waals surface area contributed by atoms with Crippen molar-refractivity contribution in [3.63, 3.8) is 0 Å². The second-order valence-corrected chi connectivity index (χ2v) is 4.77. The molecule has 0 fully saturated rings. The van der Waals surface area contributed by atoms with Gasteiger partial charge >= 0.3 is 5.63 Å². The summed E-state index contributed by atoms with van der Waals surface area (Å²) in [7, 11) is 0. The van der Waals surface area contributed by atoms with E-state index in [0.717, 1.165) is 27.1 Å². The van der Waals surface area contributed by atoms with Gasteiger partial charge in [-0.3, -0.25) is 0 Å². The first-order chi connectivity index (χ1) is 9.25. The van der Waals surface area contributed by atoms with E-state index in [-0.39, 0.29) is 5.63 Å². The monoisotopic (exact) mass is 249 g/mol. The Morgan fingerprint density at radius 2 is 1.89 bits per heavy atom. The van der Waals surface area contributed by atoms with Crippen molar-refractivity contribution in [1.29, 1.82) is 0 Å². The largest absolute Gasteiger partial charge is 0.421 e. The number of H-pyrrole nitrogens is 1. The number of aromatic amines is 1. The van der Waals surface area contributed by atoms with Crippen LogP contribution in [0, 0.1) is 6.92 Å². The van der Waals surface area contributed by atoms with Gasteiger partial charge in [0.2, 0.25) is 0 Å². The molecule has 0 aliphatic carbocycles. The number of hydrogen-bond acceptors (Lipinski definition) is 2. The van der Waals surface area contributed by atoms with Gasteiger partial charge in [-0.1, -0.05) is 30.3 Å². The van der Waals surface area contributed by atoms with Gasteiger partial charge in [0.1, 0.15) is 11.1 Å². The third kappa shape index (κ3) is 1.30. The molecule has 4 rings (SSSR count). The van der Waals surface area contributed by atoms with Gasteiger partial charge in [-0.25, -0.2) is 4.79 Å². The minimum atomic E-state index is -0.314. The summed E-state index contributed by atoms with van der Waals surface area (Å²) in [5.41, 5.74) is 1.93. The molecule has 3 heteroatoms. The van der Waals surface area contributed by atoms with Gasteiger partial charge in [0.15, 0.2) is 0 Å². The first-order valence-electron chi connectivity index (χ1n) is 6.18. The number of aryl methyl sites for hydroxylation is 1. The van der Waals surface area contributed by atoms with Crippen LogP contribution in [0.2, 0.25) is 0 Å². The van der Waals surface area contributed by atoms with Crippen LogP contribution in [0.3, 0.4) is 0 Å². The van der Waals surface area contributed by atoms with E-state index >= 15 is 0 Å². The lowest BCUT2D eigenvalue weighted by Gasteiger charge is -2.04. The van der Waals surface area contributed by atoms with Crippen molar-refractivity contribution in [2.24, 2.45) is 0 Å². The Balaban J connectivity index is 2.45. The molecule has 4 aromatic rings. The Morgan fingerprint density at radius 1 is 1.05 bits per heavy atom. The predicted molar refractivity (Wildman–Crippen MR) is 76.6 cm³/mol. The van der Waals surface area contributed by atoms with Crippen LogP contribution in [-0.4, -0.2) is 4.98 Å². The fourth-order valence-electron chi connectivity index (χ4n) is 2.75. The molecule has 2 heterocycles. The Labute approximate surface area is 108 Å². The van der Waals surface area contributed by atoms with Gasteiger partial charge in [-0.05, 0) is 29.3 Å². The van der Waals surface area contributed by atoms with E-state index in [9.17, 15) is 4.79 Å². The number of rotatable bonds is 0. The maximum Gasteiger partial charge on any atom is 0.360 e. The van der Waals surface area contributed by atoms with E-state index in [4.69, 9.17) is 4.42 Å². The van der Waals surface area contributed by atoms with Crippen LogP contribution in [0.15, 0.2) is 51.8 Å². The highest BCUT2D eigenvalue weighted by Crippen LogP contribution is 2.31. The van der Waals surface area contributed by atoms with Crippen LogP contribution < -0.4 is 5.63 Å². The Bertz CT molecular complexity index is 992. The Kier molecular flexibility index (Phi) is 1.90. The zero-order valence-corrected chi connectivity index (χ0v) is 10.4. The molecular formula is C16H11NO2. The molecular weight excluding hydrogens is 238 g/mol. The van der Waals surface area contributed by atoms with Crippen molar-refractivity contribution >= 4 is 32.6 Å². The SMILES string of the molecule is Cc1c[nH]c2c(=O)oc3ccc4ccccc4c3c12. The average Bonchev–Trinajstić information content (AvgIpc) is 2.81. The highest BCUT2D eigenvalue weighted by atomic mass is 16.4. The molecule has 0 saturated heterocycles. The lowest BCUT2D eigenvalue weighted by atomic mass is 10.0. The summed E-state index contributed by atoms with van der Waals surface area (Å²) in [6.07, 6.45) is 1.85. The summed E-state index contributed by atoms with van der Waals surface area (Å²) in [5.74, 6) is 0. The predicted octanol–water partition coefficient (Wildman–Crippen LogP) is 3.74. The standard InChI is InChI=1S/C16H11NO2/c1-9-8-17-15-13(9)14-11-5-3-2-4-10(11)6-7-12(14)19-16(15)18/h2-8,17H,1H3. The third-order valence-corrected chi connectivity index (χ3v) is 3.62. The molecule has 0 bridgehead atoms. The normalized spacial score (nSPS) is 11.6. The summed E-state index contributed by atoms with van der Waals surface area (Å²) < 4.78 is 5.41. The zero-order valence-electron chi connectivity index (χ0n) is 10.4. The quantitative estimate of drug-likeness (QED) is 0.381. The summed E-state index contributed by atoms with van der Waals surface area (Å²) in [5, 5.41) is 4.22. The van der Waals surface area contributed by atoms with E-state index in [0.29, 0.717) is 11.1 Å². The molecule has 19 heavy (non-hydrogen) atoms. The van der Waals surface area contributed by atoms with Crippen molar-refractivity contribution in [1.82, 2.24) is 4.98 Å². The Hall–Kier alpha value is -2.55. The molecule has 0 spiro atoms. The van der Waals surface area contributed by atoms with E-state index in [2.05, 4.69) is 17.1 Å². The summed E-state index contributed by atoms with van der Waals surface area (Å²) in [6.45, 7) is 2.00. The molecule has 0 aliphatic rings. The van der Waals surface area contributed by atoms with E-state index in [1.165, 1.54) is 0 Å². The molecule has 2 aromatic carbocycles. The van der Waals surface area contributed by atoms with E-state index in [1.54, 1.807) is 0 Å². The topological polar surface area (TPSA) is 46.0 Å². The van der Waals surface area contributed by atoms with Gasteiger partial charge in [0.05, 0.1) is 0 Å². The molecule has 0 atom stereocenters. The van der Waals surface area contributed by atoms with Crippen LogP contribution in [0.25, 0.3) is 32.6 Å². The highest BCUT2D eigenvalue weighted by Gasteiger charge is 2.13. The van der Waals surface area contributed by atoms with Crippen LogP contribution >= 0.6 is 0 Å². The first kappa shape index (κ1) is 10.4. The molecule has 3 nitrogen and oxygen atoms in total. The summed E-state index contributed by atoms with van der Waals surface area (Å²) >= 11 is 0. The van der Waals surface area contributed by atoms with Crippen molar-refractivity contribution < 1.29 is 4.42 Å². The van der Waals surface area contributed by atoms with Crippen LogP contribution in [0.1, 0.15) is 5.56 Å². The van der Waals surface area contributed by atoms with Gasteiger partial charge in [-0.2, -0.15) is 0 Å². The van der Waals surface area contributed by atoms with Crippen LogP contribution in [-0.2, 0) is 0 Å². The Morgan fingerprint density at radius 3 is 2.79 bits per heavy atom. The van der Waals surface area contributed by atoms with Gasteiger partial charge in [0.25, 0.3) is 0 Å². The zero-order chi connectivity index (χ0) is 13.0. The highest BCUT2D eigenvalue weighted by molar-refractivity contribution is 6.18. The molecule has 0 saturated carbocycles. The number of nitrogens with one attached hydrogen (secondary N) is 1. The summed E-state index contributed by atoms with van der Waals surface area (Å²) in [4.78, 5) is 15.0. The van der Waals surface area contributed by atoms with Crippen molar-refractivity contribution in [2.45, 2.75) is 6.92 Å². The fraction of sp³-hybridized carbons (Fsp3) is 0.0625. The first-order valence-corrected chi connectivity index (χ1v) is 6.18. The third-order valence-electron chi connectivity index (χ3n) is 3.62. The van der Waals surface area contributed by atoms with Gasteiger partial charge in [-0.15, -0.1) is 0 Å². The van der Waals surface area contributed by atoms with Gasteiger partial charge in [0, 0.05) is 17.0 Å². The number of hydrogen-bond donors (Lipinski definition) is 1. The van der Waals surface area contributed by atoms with Gasteiger partial charge < -0.3 is 9.40 Å². The molecule has 1 N–H and O–H groups in total. The smallest absolute Gasteiger partial charge is 0.360 e. The second kappa shape index (κ2) is 3.48. The number of fused-ring (bicyclic) bond motifs is 5. The van der Waals surface area contributed by atoms with Crippen molar-refractivity contribution in [3.05, 3.63) is 58.6 Å². The molecule has 0 aliphatic heterocycles. The lowest BCUT2D eigenvalue weighted by molar-refractivity contribution is 0.568. The summed E-state index contributed by atoms with van der Waals surface area (Å²) in [6, 6.07) is 12.0. The molecule has 0 amide bonds. The van der Waals surface area contributed by atoms with E-state index < -0.39 is 0 Å². The van der Waals surface area contributed by atoms with Crippen LogP contribution in [0.5, 0.6) is 0 Å². The molecule has 0 radical (unpaired) electrons. The minimum Gasteiger partial charge on any atom is -0.421 e. The number of aromatic nitrogens is 1. The minimum absolute atomic E-state index is 0.314. The molecule has 92 valence electrons. The van der Waals surface area contributed by atoms with E-state index in [1.807, 2.05) is 37.4 Å². The van der Waals surface area contributed by atoms with Crippen molar-refractivity contribution in [2.75, 3.05) is 0 Å². The number of benzene rings is 2.